The summed E-state index contributed by atoms with van der Waals surface area (Å²) in [6.45, 7) is 0.368. The molecule has 0 fully saturated rings. The van der Waals surface area contributed by atoms with Crippen LogP contribution in [0.3, 0.4) is 0 Å². The van der Waals surface area contributed by atoms with Gasteiger partial charge in [0.05, 0.1) is 11.8 Å². The zero-order chi connectivity index (χ0) is 12.9. The van der Waals surface area contributed by atoms with E-state index in [0.29, 0.717) is 6.54 Å². The number of nitrogens with zero attached hydrogens (tertiary/aromatic N) is 1. The number of likely N-dealkylation sites (N-methyl/N-ethyl adjacent to an activating group) is 1. The molecule has 1 aromatic rings. The van der Waals surface area contributed by atoms with Crippen LogP contribution in [0.4, 0.5) is 0 Å². The fourth-order valence-corrected chi connectivity index (χ4v) is 3.69. The smallest absolute Gasteiger partial charge is 0.212 e. The van der Waals surface area contributed by atoms with Gasteiger partial charge in [0.1, 0.15) is 0 Å². The van der Waals surface area contributed by atoms with Gasteiger partial charge < -0.3 is 4.90 Å². The van der Waals surface area contributed by atoms with Crippen molar-refractivity contribution < 1.29 is 8.42 Å². The van der Waals surface area contributed by atoms with Crippen molar-refractivity contribution in [3.05, 3.63) is 22.4 Å². The van der Waals surface area contributed by atoms with Crippen LogP contribution in [0.25, 0.3) is 0 Å². The van der Waals surface area contributed by atoms with Crippen LogP contribution in [0.15, 0.2) is 17.5 Å². The second kappa shape index (κ2) is 6.70. The molecule has 0 amide bonds. The molecule has 0 bridgehead atoms. The molecule has 1 rings (SSSR count). The molecule has 0 spiro atoms. The van der Waals surface area contributed by atoms with E-state index in [1.54, 1.807) is 11.3 Å². The van der Waals surface area contributed by atoms with Crippen molar-refractivity contribution in [3.8, 4) is 0 Å². The second-order valence-electron chi connectivity index (χ2n) is 3.85. The molecular formula is C10H17ClN2O2S2. The summed E-state index contributed by atoms with van der Waals surface area (Å²) in [5.74, 6) is 0.0696. The summed E-state index contributed by atoms with van der Waals surface area (Å²) in [7, 11) is 0.606. The average Bonchev–Trinajstić information content (AvgIpc) is 2.70. The van der Waals surface area contributed by atoms with Gasteiger partial charge in [0, 0.05) is 17.3 Å². The first-order chi connectivity index (χ1) is 7.96. The van der Waals surface area contributed by atoms with Gasteiger partial charge in [0.2, 0.25) is 10.0 Å². The van der Waals surface area contributed by atoms with Gasteiger partial charge in [-0.1, -0.05) is 6.07 Å². The Kier molecular flexibility index (Phi) is 5.88. The molecule has 0 saturated carbocycles. The summed E-state index contributed by atoms with van der Waals surface area (Å²) in [4.78, 5) is 3.14. The van der Waals surface area contributed by atoms with Crippen LogP contribution >= 0.6 is 22.9 Å². The van der Waals surface area contributed by atoms with Gasteiger partial charge in [-0.3, -0.25) is 0 Å². The molecule has 1 aromatic heterocycles. The summed E-state index contributed by atoms with van der Waals surface area (Å²) in [5.41, 5.74) is 0. The van der Waals surface area contributed by atoms with Crippen LogP contribution in [0.2, 0.25) is 0 Å². The predicted octanol–water partition coefficient (Wildman–Crippen LogP) is 1.51. The van der Waals surface area contributed by atoms with Crippen LogP contribution in [0, 0.1) is 0 Å². The van der Waals surface area contributed by atoms with E-state index in [-0.39, 0.29) is 17.7 Å². The maximum Gasteiger partial charge on any atom is 0.212 e. The molecule has 98 valence electrons. The summed E-state index contributed by atoms with van der Waals surface area (Å²) in [5, 5.41) is 1.99. The average molecular weight is 297 g/mol. The number of rotatable bonds is 7. The third-order valence-corrected chi connectivity index (χ3v) is 5.07. The first-order valence-electron chi connectivity index (χ1n) is 5.19. The molecule has 1 unspecified atom stereocenters. The van der Waals surface area contributed by atoms with E-state index in [1.807, 2.05) is 36.5 Å². The summed E-state index contributed by atoms with van der Waals surface area (Å²) in [6.07, 6.45) is 0. The summed E-state index contributed by atoms with van der Waals surface area (Å²) >= 11 is 7.06. The third kappa shape index (κ3) is 4.93. The number of alkyl halides is 1. The lowest BCUT2D eigenvalue weighted by Gasteiger charge is -2.23. The van der Waals surface area contributed by atoms with E-state index in [0.717, 1.165) is 4.88 Å². The molecule has 7 heteroatoms. The van der Waals surface area contributed by atoms with Crippen molar-refractivity contribution in [1.82, 2.24) is 9.62 Å². The predicted molar refractivity (Wildman–Crippen MR) is 73.3 cm³/mol. The van der Waals surface area contributed by atoms with E-state index in [2.05, 4.69) is 4.72 Å². The lowest BCUT2D eigenvalue weighted by molar-refractivity contribution is 0.303. The highest BCUT2D eigenvalue weighted by Crippen LogP contribution is 2.22. The Bertz CT molecular complexity index is 418. The standard InChI is InChI=1S/C10H17ClN2O2S2/c1-13(2)9(10-4-3-6-16-10)8-12-17(14,15)7-5-11/h3-4,6,9,12H,5,7-8H2,1-2H3. The Hall–Kier alpha value is -0.140. The fraction of sp³-hybridized carbons (Fsp3) is 0.600. The molecule has 1 atom stereocenters. The SMILES string of the molecule is CN(C)C(CNS(=O)(=O)CCCl)c1cccs1. The molecule has 0 aliphatic heterocycles. The normalized spacial score (nSPS) is 14.1. The number of hydrogen-bond acceptors (Lipinski definition) is 4. The quantitative estimate of drug-likeness (QED) is 0.776. The number of sulfonamides is 1. The molecule has 4 nitrogen and oxygen atoms in total. The number of halogens is 1. The lowest BCUT2D eigenvalue weighted by Crippen LogP contribution is -2.35. The minimum Gasteiger partial charge on any atom is -0.300 e. The van der Waals surface area contributed by atoms with Gasteiger partial charge >= 0.3 is 0 Å². The Morgan fingerprint density at radius 2 is 2.24 bits per heavy atom. The third-order valence-electron chi connectivity index (χ3n) is 2.34. The Labute approximate surface area is 112 Å². The first-order valence-corrected chi connectivity index (χ1v) is 8.26. The van der Waals surface area contributed by atoms with Gasteiger partial charge in [-0.25, -0.2) is 13.1 Å². The van der Waals surface area contributed by atoms with Crippen molar-refractivity contribution >= 4 is 33.0 Å². The lowest BCUT2D eigenvalue weighted by atomic mass is 10.2. The van der Waals surface area contributed by atoms with Crippen molar-refractivity contribution in [2.75, 3.05) is 32.3 Å². The molecular weight excluding hydrogens is 280 g/mol. The zero-order valence-electron chi connectivity index (χ0n) is 9.89. The molecule has 0 aliphatic carbocycles. The van der Waals surface area contributed by atoms with Crippen LogP contribution in [-0.2, 0) is 10.0 Å². The molecule has 0 aromatic carbocycles. The molecule has 1 heterocycles. The van der Waals surface area contributed by atoms with Crippen molar-refractivity contribution in [3.63, 3.8) is 0 Å². The summed E-state index contributed by atoms with van der Waals surface area (Å²) < 4.78 is 25.6. The van der Waals surface area contributed by atoms with Gasteiger partial charge in [-0.15, -0.1) is 22.9 Å². The molecule has 17 heavy (non-hydrogen) atoms. The topological polar surface area (TPSA) is 49.4 Å². The minimum atomic E-state index is -3.26. The van der Waals surface area contributed by atoms with Crippen LogP contribution in [0.5, 0.6) is 0 Å². The highest BCUT2D eigenvalue weighted by molar-refractivity contribution is 7.89. The Morgan fingerprint density at radius 3 is 2.71 bits per heavy atom. The second-order valence-corrected chi connectivity index (χ2v) is 7.13. The van der Waals surface area contributed by atoms with Crippen molar-refractivity contribution in [2.24, 2.45) is 0 Å². The monoisotopic (exact) mass is 296 g/mol. The number of thiophene rings is 1. The number of nitrogens with one attached hydrogen (secondary N) is 1. The van der Waals surface area contributed by atoms with Crippen LogP contribution in [-0.4, -0.2) is 45.6 Å². The Balaban J connectivity index is 2.64. The van der Waals surface area contributed by atoms with Crippen LogP contribution in [0.1, 0.15) is 10.9 Å². The highest BCUT2D eigenvalue weighted by atomic mass is 35.5. The van der Waals surface area contributed by atoms with E-state index < -0.39 is 10.0 Å². The van der Waals surface area contributed by atoms with E-state index in [9.17, 15) is 8.42 Å². The summed E-state index contributed by atoms with van der Waals surface area (Å²) in [6, 6.07) is 4.02. The first kappa shape index (κ1) is 14.9. The largest absolute Gasteiger partial charge is 0.300 e. The molecule has 0 radical (unpaired) electrons. The van der Waals surface area contributed by atoms with Gasteiger partial charge in [0.15, 0.2) is 0 Å². The van der Waals surface area contributed by atoms with Gasteiger partial charge in [-0.05, 0) is 25.5 Å². The van der Waals surface area contributed by atoms with Gasteiger partial charge in [-0.2, -0.15) is 0 Å². The Morgan fingerprint density at radius 1 is 1.53 bits per heavy atom. The molecule has 1 N–H and O–H groups in total. The van der Waals surface area contributed by atoms with Crippen LogP contribution < -0.4 is 4.72 Å². The van der Waals surface area contributed by atoms with E-state index in [4.69, 9.17) is 11.6 Å². The zero-order valence-corrected chi connectivity index (χ0v) is 12.3. The minimum absolute atomic E-state index is 0.0425. The van der Waals surface area contributed by atoms with Crippen molar-refractivity contribution in [2.45, 2.75) is 6.04 Å². The fourth-order valence-electron chi connectivity index (χ4n) is 1.40. The maximum absolute atomic E-state index is 11.5. The number of hydrogen-bond donors (Lipinski definition) is 1. The van der Waals surface area contributed by atoms with E-state index >= 15 is 0 Å². The maximum atomic E-state index is 11.5. The van der Waals surface area contributed by atoms with Crippen molar-refractivity contribution in [1.29, 1.82) is 0 Å². The van der Waals surface area contributed by atoms with E-state index in [1.165, 1.54) is 0 Å². The van der Waals surface area contributed by atoms with Gasteiger partial charge in [0.25, 0.3) is 0 Å². The molecule has 0 saturated heterocycles. The highest BCUT2D eigenvalue weighted by Gasteiger charge is 2.18. The molecule has 0 aliphatic rings.